The number of aliphatic hydroxyl groups is 1. The summed E-state index contributed by atoms with van der Waals surface area (Å²) in [4.78, 5) is 27.6. The van der Waals surface area contributed by atoms with Crippen molar-refractivity contribution in [2.45, 2.75) is 13.0 Å². The van der Waals surface area contributed by atoms with Crippen molar-refractivity contribution < 1.29 is 19.4 Å². The number of anilines is 1. The lowest BCUT2D eigenvalue weighted by atomic mass is 9.95. The predicted octanol–water partition coefficient (Wildman–Crippen LogP) is 5.28. The largest absolute Gasteiger partial charge is 0.507 e. The minimum Gasteiger partial charge on any atom is -0.507 e. The molecule has 0 aliphatic carbocycles. The van der Waals surface area contributed by atoms with E-state index in [1.165, 1.54) is 4.90 Å². The SMILES string of the molecule is COc1cccc([C@H]2/C(=C(\O)c3ccccc3)C(=O)C(=O)N2c2ccc(C)c(Cl)c2)c1. The molecule has 1 aliphatic heterocycles. The van der Waals surface area contributed by atoms with Crippen LogP contribution in [0.5, 0.6) is 5.75 Å². The Labute approximate surface area is 185 Å². The van der Waals surface area contributed by atoms with Crippen LogP contribution < -0.4 is 9.64 Å². The number of amides is 1. The van der Waals surface area contributed by atoms with Gasteiger partial charge in [0.2, 0.25) is 0 Å². The molecule has 0 bridgehead atoms. The first-order valence-electron chi connectivity index (χ1n) is 9.69. The zero-order valence-corrected chi connectivity index (χ0v) is 17.8. The van der Waals surface area contributed by atoms with Crippen molar-refractivity contribution in [1.82, 2.24) is 0 Å². The minimum absolute atomic E-state index is 0.0150. The van der Waals surface area contributed by atoms with E-state index in [0.717, 1.165) is 5.56 Å². The molecule has 156 valence electrons. The fourth-order valence-corrected chi connectivity index (χ4v) is 3.88. The summed E-state index contributed by atoms with van der Waals surface area (Å²) >= 11 is 6.31. The molecule has 1 heterocycles. The summed E-state index contributed by atoms with van der Waals surface area (Å²) in [5.74, 6) is -1.15. The van der Waals surface area contributed by atoms with E-state index in [1.807, 2.05) is 13.0 Å². The Hall–Kier alpha value is -3.57. The minimum atomic E-state index is -0.839. The van der Waals surface area contributed by atoms with Crippen LogP contribution in [0.25, 0.3) is 5.76 Å². The maximum absolute atomic E-state index is 13.1. The molecule has 0 spiro atoms. The highest BCUT2D eigenvalue weighted by atomic mass is 35.5. The molecule has 1 amide bonds. The summed E-state index contributed by atoms with van der Waals surface area (Å²) in [7, 11) is 1.54. The number of methoxy groups -OCH3 is 1. The molecule has 1 fully saturated rings. The molecule has 1 aliphatic rings. The lowest BCUT2D eigenvalue weighted by Gasteiger charge is -2.26. The Morgan fingerprint density at radius 1 is 1.00 bits per heavy atom. The van der Waals surface area contributed by atoms with Gasteiger partial charge in [-0.2, -0.15) is 0 Å². The van der Waals surface area contributed by atoms with Crippen LogP contribution in [0.1, 0.15) is 22.7 Å². The molecule has 1 N–H and O–H groups in total. The van der Waals surface area contributed by atoms with E-state index in [2.05, 4.69) is 0 Å². The molecule has 1 saturated heterocycles. The summed E-state index contributed by atoms with van der Waals surface area (Å²) < 4.78 is 5.34. The number of rotatable bonds is 4. The van der Waals surface area contributed by atoms with E-state index >= 15 is 0 Å². The molecule has 5 nitrogen and oxygen atoms in total. The number of carbonyl (C=O) groups excluding carboxylic acids is 2. The van der Waals surface area contributed by atoms with Gasteiger partial charge in [-0.3, -0.25) is 14.5 Å². The number of ether oxygens (including phenoxy) is 1. The number of hydrogen-bond acceptors (Lipinski definition) is 4. The monoisotopic (exact) mass is 433 g/mol. The van der Waals surface area contributed by atoms with Gasteiger partial charge in [-0.1, -0.05) is 60.1 Å². The van der Waals surface area contributed by atoms with Crippen molar-refractivity contribution in [1.29, 1.82) is 0 Å². The van der Waals surface area contributed by atoms with E-state index in [-0.39, 0.29) is 11.3 Å². The van der Waals surface area contributed by atoms with E-state index < -0.39 is 17.7 Å². The first-order chi connectivity index (χ1) is 14.9. The van der Waals surface area contributed by atoms with Crippen molar-refractivity contribution in [3.63, 3.8) is 0 Å². The number of carbonyl (C=O) groups is 2. The second-order valence-corrected chi connectivity index (χ2v) is 7.65. The first-order valence-corrected chi connectivity index (χ1v) is 10.1. The number of Topliss-reactive ketones (excluding diaryl/α,β-unsaturated/α-hetero) is 1. The first kappa shape index (κ1) is 20.7. The summed E-state index contributed by atoms with van der Waals surface area (Å²) in [6, 6.07) is 20.1. The average molecular weight is 434 g/mol. The smallest absolute Gasteiger partial charge is 0.300 e. The van der Waals surface area contributed by atoms with Gasteiger partial charge in [-0.15, -0.1) is 0 Å². The summed E-state index contributed by atoms with van der Waals surface area (Å²) in [5.41, 5.74) is 2.42. The Morgan fingerprint density at radius 3 is 2.42 bits per heavy atom. The zero-order chi connectivity index (χ0) is 22.1. The molecule has 1 atom stereocenters. The van der Waals surface area contributed by atoms with Crippen LogP contribution in [0, 0.1) is 6.92 Å². The van der Waals surface area contributed by atoms with E-state index in [1.54, 1.807) is 73.8 Å². The quantitative estimate of drug-likeness (QED) is 0.345. The normalized spacial score (nSPS) is 17.8. The number of nitrogens with zero attached hydrogens (tertiary/aromatic N) is 1. The van der Waals surface area contributed by atoms with Crippen LogP contribution in [0.4, 0.5) is 5.69 Å². The van der Waals surface area contributed by atoms with Crippen LogP contribution in [-0.2, 0) is 9.59 Å². The Morgan fingerprint density at radius 2 is 1.74 bits per heavy atom. The number of ketones is 1. The maximum Gasteiger partial charge on any atom is 0.300 e. The fourth-order valence-electron chi connectivity index (χ4n) is 3.71. The third kappa shape index (κ3) is 3.68. The predicted molar refractivity (Wildman–Crippen MR) is 120 cm³/mol. The molecular weight excluding hydrogens is 414 g/mol. The summed E-state index contributed by atoms with van der Waals surface area (Å²) in [6.07, 6.45) is 0. The number of halogens is 1. The van der Waals surface area contributed by atoms with Crippen molar-refractivity contribution in [2.75, 3.05) is 12.0 Å². The summed E-state index contributed by atoms with van der Waals surface area (Å²) in [6.45, 7) is 1.86. The maximum atomic E-state index is 13.1. The zero-order valence-electron chi connectivity index (χ0n) is 17.0. The van der Waals surface area contributed by atoms with E-state index in [4.69, 9.17) is 16.3 Å². The topological polar surface area (TPSA) is 66.8 Å². The van der Waals surface area contributed by atoms with E-state index in [0.29, 0.717) is 27.6 Å². The molecular formula is C25H20ClNO4. The number of hydrogen-bond donors (Lipinski definition) is 1. The van der Waals surface area contributed by atoms with Crippen molar-refractivity contribution in [3.05, 3.63) is 100 Å². The van der Waals surface area contributed by atoms with Crippen molar-refractivity contribution in [3.8, 4) is 5.75 Å². The molecule has 0 unspecified atom stereocenters. The van der Waals surface area contributed by atoms with Gasteiger partial charge >= 0.3 is 0 Å². The second-order valence-electron chi connectivity index (χ2n) is 7.25. The fraction of sp³-hybridized carbons (Fsp3) is 0.120. The molecule has 3 aromatic rings. The van der Waals surface area contributed by atoms with Crippen LogP contribution in [-0.4, -0.2) is 23.9 Å². The van der Waals surface area contributed by atoms with E-state index in [9.17, 15) is 14.7 Å². The molecule has 31 heavy (non-hydrogen) atoms. The van der Waals surface area contributed by atoms with Gasteiger partial charge in [0.05, 0.1) is 18.7 Å². The molecule has 0 aromatic heterocycles. The van der Waals surface area contributed by atoms with Crippen molar-refractivity contribution in [2.24, 2.45) is 0 Å². The highest BCUT2D eigenvalue weighted by Crippen LogP contribution is 2.43. The standard InChI is InChI=1S/C25H20ClNO4/c1-15-11-12-18(14-20(15)26)27-22(17-9-6-10-19(13-17)31-2)21(24(29)25(27)30)23(28)16-7-4-3-5-8-16/h3-14,22,28H,1-2H3/b23-21+/t22-/m0/s1. The Bertz CT molecular complexity index is 1200. The third-order valence-corrected chi connectivity index (χ3v) is 5.74. The van der Waals surface area contributed by atoms with Gasteiger partial charge in [0, 0.05) is 16.3 Å². The molecule has 3 aromatic carbocycles. The summed E-state index contributed by atoms with van der Waals surface area (Å²) in [5, 5.41) is 11.5. The number of benzene rings is 3. The molecule has 0 radical (unpaired) electrons. The number of aryl methyl sites for hydroxylation is 1. The van der Waals surface area contributed by atoms with Crippen LogP contribution >= 0.6 is 11.6 Å². The van der Waals surface area contributed by atoms with Gasteiger partial charge in [0.25, 0.3) is 11.7 Å². The lowest BCUT2D eigenvalue weighted by molar-refractivity contribution is -0.132. The van der Waals surface area contributed by atoms with Gasteiger partial charge in [0.1, 0.15) is 11.5 Å². The van der Waals surface area contributed by atoms with Gasteiger partial charge < -0.3 is 9.84 Å². The van der Waals surface area contributed by atoms with Gasteiger partial charge in [-0.05, 0) is 42.3 Å². The molecule has 4 rings (SSSR count). The number of aliphatic hydroxyl groups excluding tert-OH is 1. The van der Waals surface area contributed by atoms with Crippen molar-refractivity contribution >= 4 is 34.7 Å². The lowest BCUT2D eigenvalue weighted by Crippen LogP contribution is -2.29. The van der Waals surface area contributed by atoms with Crippen LogP contribution in [0.3, 0.4) is 0 Å². The van der Waals surface area contributed by atoms with Crippen LogP contribution in [0.2, 0.25) is 5.02 Å². The second kappa shape index (κ2) is 8.28. The molecule has 0 saturated carbocycles. The molecule has 6 heteroatoms. The average Bonchev–Trinajstić information content (AvgIpc) is 3.06. The highest BCUT2D eigenvalue weighted by molar-refractivity contribution is 6.51. The van der Waals surface area contributed by atoms with Gasteiger partial charge in [-0.25, -0.2) is 0 Å². The van der Waals surface area contributed by atoms with Crippen LogP contribution in [0.15, 0.2) is 78.4 Å². The Balaban J connectivity index is 1.97. The highest BCUT2D eigenvalue weighted by Gasteiger charge is 2.47. The Kier molecular flexibility index (Phi) is 5.53. The third-order valence-electron chi connectivity index (χ3n) is 5.33. The van der Waals surface area contributed by atoms with Gasteiger partial charge in [0.15, 0.2) is 0 Å².